The fourth-order valence-corrected chi connectivity index (χ4v) is 7.66. The van der Waals surface area contributed by atoms with Crippen LogP contribution in [0.4, 0.5) is 4.39 Å². The Morgan fingerprint density at radius 1 is 1.02 bits per heavy atom. The average molecular weight is 544 g/mol. The average Bonchev–Trinajstić information content (AvgIpc) is 3.56. The number of carbonyl (C=O) groups is 1. The van der Waals surface area contributed by atoms with Gasteiger partial charge in [-0.05, 0) is 98.2 Å². The predicted molar refractivity (Wildman–Crippen MR) is 155 cm³/mol. The van der Waals surface area contributed by atoms with Crippen molar-refractivity contribution in [2.24, 2.45) is 23.7 Å². The van der Waals surface area contributed by atoms with Crippen LogP contribution in [-0.4, -0.2) is 45.8 Å². The van der Waals surface area contributed by atoms with Gasteiger partial charge in [-0.1, -0.05) is 61.7 Å². The van der Waals surface area contributed by atoms with Gasteiger partial charge in [-0.15, -0.1) is 0 Å². The molecule has 0 amide bonds. The Balaban J connectivity index is 1.09. The van der Waals surface area contributed by atoms with Crippen LogP contribution >= 0.6 is 0 Å². The number of carboxylic acids is 1. The topological polar surface area (TPSA) is 69.2 Å². The molecule has 4 atom stereocenters. The molecular formula is C34H42FN3O2. The van der Waals surface area contributed by atoms with Gasteiger partial charge in [-0.3, -0.25) is 9.89 Å². The van der Waals surface area contributed by atoms with Crippen LogP contribution in [0.2, 0.25) is 0 Å². The number of hydrogen-bond donors (Lipinski definition) is 2. The highest BCUT2D eigenvalue weighted by molar-refractivity contribution is 5.70. The molecule has 5 nitrogen and oxygen atoms in total. The number of aliphatic carboxylic acids is 1. The zero-order valence-corrected chi connectivity index (χ0v) is 23.4. The molecule has 2 heterocycles. The lowest BCUT2D eigenvalue weighted by atomic mass is 9.74. The number of likely N-dealkylation sites (tertiary alicyclic amines) is 1. The first-order valence-electron chi connectivity index (χ1n) is 15.3. The van der Waals surface area contributed by atoms with Crippen LogP contribution in [-0.2, 0) is 11.2 Å². The maximum absolute atomic E-state index is 14.2. The van der Waals surface area contributed by atoms with E-state index in [0.29, 0.717) is 17.8 Å². The quantitative estimate of drug-likeness (QED) is 0.288. The molecule has 2 saturated carbocycles. The molecule has 3 aromatic rings. The third kappa shape index (κ3) is 6.33. The fraction of sp³-hybridized carbons (Fsp3) is 0.529. The highest BCUT2D eigenvalue weighted by atomic mass is 19.1. The Kier molecular flexibility index (Phi) is 8.33. The molecule has 40 heavy (non-hydrogen) atoms. The van der Waals surface area contributed by atoms with Crippen molar-refractivity contribution in [3.05, 3.63) is 89.0 Å². The Morgan fingerprint density at radius 3 is 2.52 bits per heavy atom. The number of piperidine rings is 1. The van der Waals surface area contributed by atoms with Gasteiger partial charge in [0.25, 0.3) is 0 Å². The van der Waals surface area contributed by atoms with Crippen LogP contribution < -0.4 is 0 Å². The highest BCUT2D eigenvalue weighted by Gasteiger charge is 2.43. The second-order valence-electron chi connectivity index (χ2n) is 12.7. The van der Waals surface area contributed by atoms with Gasteiger partial charge in [0, 0.05) is 24.6 Å². The Morgan fingerprint density at radius 2 is 1.82 bits per heavy atom. The van der Waals surface area contributed by atoms with E-state index >= 15 is 0 Å². The van der Waals surface area contributed by atoms with Crippen molar-refractivity contribution in [3.63, 3.8) is 0 Å². The molecular weight excluding hydrogens is 501 g/mol. The van der Waals surface area contributed by atoms with Crippen LogP contribution in [0.1, 0.15) is 85.7 Å². The minimum Gasteiger partial charge on any atom is -0.481 e. The lowest BCUT2D eigenvalue weighted by molar-refractivity contribution is -0.144. The summed E-state index contributed by atoms with van der Waals surface area (Å²) in [7, 11) is 0. The van der Waals surface area contributed by atoms with E-state index in [1.807, 2.05) is 12.1 Å². The summed E-state index contributed by atoms with van der Waals surface area (Å²) < 4.78 is 14.2. The molecule has 0 radical (unpaired) electrons. The molecule has 2 aliphatic carbocycles. The SMILES string of the molecule is O=C(O)[C@@H](CC1CCC1)C1CC(CN2CCC(c3cc(Cc4ccccc4)[nH]n3)CC2)C(c2cccc(F)c2)C1. The van der Waals surface area contributed by atoms with E-state index in [1.165, 1.54) is 36.6 Å². The van der Waals surface area contributed by atoms with Crippen molar-refractivity contribution in [3.8, 4) is 0 Å². The molecule has 3 fully saturated rings. The Labute approximate surface area is 237 Å². The van der Waals surface area contributed by atoms with Crippen LogP contribution in [0.25, 0.3) is 0 Å². The first-order valence-corrected chi connectivity index (χ1v) is 15.3. The number of aromatic amines is 1. The number of aromatic nitrogens is 2. The molecule has 1 saturated heterocycles. The van der Waals surface area contributed by atoms with Crippen molar-refractivity contribution in [1.29, 1.82) is 0 Å². The lowest BCUT2D eigenvalue weighted by Crippen LogP contribution is -2.37. The zero-order valence-electron chi connectivity index (χ0n) is 23.4. The number of rotatable bonds is 10. The number of halogens is 1. The lowest BCUT2D eigenvalue weighted by Gasteiger charge is -2.34. The smallest absolute Gasteiger partial charge is 0.306 e. The summed E-state index contributed by atoms with van der Waals surface area (Å²) in [6.45, 7) is 3.00. The van der Waals surface area contributed by atoms with Gasteiger partial charge in [0.05, 0.1) is 11.6 Å². The number of nitrogens with one attached hydrogen (secondary N) is 1. The van der Waals surface area contributed by atoms with Crippen LogP contribution in [0.3, 0.4) is 0 Å². The molecule has 1 aliphatic heterocycles. The van der Waals surface area contributed by atoms with Gasteiger partial charge in [-0.2, -0.15) is 5.10 Å². The second kappa shape index (κ2) is 12.3. The molecule has 6 rings (SSSR count). The van der Waals surface area contributed by atoms with E-state index < -0.39 is 5.97 Å². The van der Waals surface area contributed by atoms with E-state index in [-0.39, 0.29) is 23.6 Å². The van der Waals surface area contributed by atoms with Crippen LogP contribution in [0, 0.1) is 29.5 Å². The normalized spacial score (nSPS) is 25.1. The third-order valence-corrected chi connectivity index (χ3v) is 10.1. The van der Waals surface area contributed by atoms with Gasteiger partial charge in [0.1, 0.15) is 5.82 Å². The third-order valence-electron chi connectivity index (χ3n) is 10.1. The minimum atomic E-state index is -0.637. The van der Waals surface area contributed by atoms with E-state index in [9.17, 15) is 14.3 Å². The molecule has 1 aromatic heterocycles. The largest absolute Gasteiger partial charge is 0.481 e. The summed E-state index contributed by atoms with van der Waals surface area (Å²) in [5.74, 6) is 0.663. The van der Waals surface area contributed by atoms with E-state index in [4.69, 9.17) is 0 Å². The van der Waals surface area contributed by atoms with Crippen LogP contribution in [0.15, 0.2) is 60.7 Å². The number of hydrogen-bond acceptors (Lipinski definition) is 3. The highest BCUT2D eigenvalue weighted by Crippen LogP contribution is 2.49. The van der Waals surface area contributed by atoms with Gasteiger partial charge >= 0.3 is 5.97 Å². The molecule has 0 bridgehead atoms. The molecule has 6 heteroatoms. The van der Waals surface area contributed by atoms with Gasteiger partial charge in [0.15, 0.2) is 0 Å². The standard InChI is InChI=1S/C34H42FN3O2/c35-29-11-5-10-26(19-29)31-20-27(32(34(39)40)17-24-8-4-9-24)18-28(31)22-38-14-12-25(13-15-38)33-21-30(36-37-33)16-23-6-2-1-3-7-23/h1-3,5-7,10-11,19,21,24-25,27-28,31-32H,4,8-9,12-18,20,22H2,(H,36,37)(H,39,40)/t27?,28?,31?,32-/m0/s1. The van der Waals surface area contributed by atoms with Gasteiger partial charge in [0.2, 0.25) is 0 Å². The first-order chi connectivity index (χ1) is 19.5. The van der Waals surface area contributed by atoms with Crippen molar-refractivity contribution in [2.75, 3.05) is 19.6 Å². The van der Waals surface area contributed by atoms with Gasteiger partial charge in [-0.25, -0.2) is 4.39 Å². The summed E-state index contributed by atoms with van der Waals surface area (Å²) in [6.07, 6.45) is 9.19. The second-order valence-corrected chi connectivity index (χ2v) is 12.7. The monoisotopic (exact) mass is 543 g/mol. The van der Waals surface area contributed by atoms with Crippen molar-refractivity contribution >= 4 is 5.97 Å². The van der Waals surface area contributed by atoms with Crippen molar-refractivity contribution < 1.29 is 14.3 Å². The molecule has 3 unspecified atom stereocenters. The first kappa shape index (κ1) is 27.2. The Hall–Kier alpha value is -2.99. The van der Waals surface area contributed by atoms with Gasteiger partial charge < -0.3 is 10.0 Å². The number of carboxylic acid groups (broad SMARTS) is 1. The summed E-state index contributed by atoms with van der Waals surface area (Å²) in [5, 5.41) is 18.1. The Bertz CT molecular complexity index is 1260. The molecule has 212 valence electrons. The number of benzene rings is 2. The summed E-state index contributed by atoms with van der Waals surface area (Å²) >= 11 is 0. The molecule has 3 aliphatic rings. The van der Waals surface area contributed by atoms with E-state index in [0.717, 1.165) is 69.4 Å². The fourth-order valence-electron chi connectivity index (χ4n) is 7.66. The number of nitrogens with zero attached hydrogens (tertiary/aromatic N) is 2. The van der Waals surface area contributed by atoms with E-state index in [1.54, 1.807) is 12.1 Å². The van der Waals surface area contributed by atoms with Crippen molar-refractivity contribution in [1.82, 2.24) is 15.1 Å². The maximum Gasteiger partial charge on any atom is 0.306 e. The minimum absolute atomic E-state index is 0.168. The zero-order chi connectivity index (χ0) is 27.5. The molecule has 2 N–H and O–H groups in total. The number of H-pyrrole nitrogens is 1. The maximum atomic E-state index is 14.2. The van der Waals surface area contributed by atoms with Crippen LogP contribution in [0.5, 0.6) is 0 Å². The van der Waals surface area contributed by atoms with E-state index in [2.05, 4.69) is 45.4 Å². The molecule has 2 aromatic carbocycles. The summed E-state index contributed by atoms with van der Waals surface area (Å²) in [6, 6.07) is 19.8. The summed E-state index contributed by atoms with van der Waals surface area (Å²) in [5.41, 5.74) is 4.66. The predicted octanol–water partition coefficient (Wildman–Crippen LogP) is 7.02. The van der Waals surface area contributed by atoms with Crippen molar-refractivity contribution in [2.45, 2.75) is 69.6 Å². The molecule has 0 spiro atoms. The summed E-state index contributed by atoms with van der Waals surface area (Å²) in [4.78, 5) is 14.9.